The van der Waals surface area contributed by atoms with Gasteiger partial charge in [-0.1, -0.05) is 63.6 Å². The third-order valence-electron chi connectivity index (χ3n) is 3.90. The Labute approximate surface area is 157 Å². The highest BCUT2D eigenvalue weighted by atomic mass is 16.6. The van der Waals surface area contributed by atoms with Gasteiger partial charge in [-0.3, -0.25) is 9.59 Å². The van der Waals surface area contributed by atoms with Crippen molar-refractivity contribution in [3.8, 4) is 5.75 Å². The highest BCUT2D eigenvalue weighted by molar-refractivity contribution is 5.77. The van der Waals surface area contributed by atoms with Crippen LogP contribution >= 0.6 is 0 Å². The average molecular weight is 364 g/mol. The monoisotopic (exact) mass is 364 g/mol. The lowest BCUT2D eigenvalue weighted by Crippen LogP contribution is -2.14. The van der Waals surface area contributed by atoms with Crippen LogP contribution in [0.5, 0.6) is 5.75 Å². The van der Waals surface area contributed by atoms with Crippen molar-refractivity contribution in [2.75, 3.05) is 19.8 Å². The number of hydrogen-bond acceptors (Lipinski definition) is 5. The van der Waals surface area contributed by atoms with Gasteiger partial charge in [-0.05, 0) is 18.6 Å². The van der Waals surface area contributed by atoms with E-state index in [0.29, 0.717) is 13.2 Å². The third-order valence-corrected chi connectivity index (χ3v) is 3.90. The van der Waals surface area contributed by atoms with E-state index >= 15 is 0 Å². The number of rotatable bonds is 15. The summed E-state index contributed by atoms with van der Waals surface area (Å²) < 4.78 is 15.6. The number of hydrogen-bond donors (Lipinski definition) is 0. The fraction of sp³-hybridized carbons (Fsp3) is 0.619. The molecule has 0 spiro atoms. The molecule has 0 saturated carbocycles. The van der Waals surface area contributed by atoms with Gasteiger partial charge in [0.05, 0.1) is 19.4 Å². The van der Waals surface area contributed by atoms with E-state index in [1.807, 2.05) is 30.3 Å². The molecule has 5 heteroatoms. The molecular weight excluding hydrogens is 332 g/mol. The maximum absolute atomic E-state index is 11.6. The van der Waals surface area contributed by atoms with E-state index in [1.54, 1.807) is 0 Å². The lowest BCUT2D eigenvalue weighted by atomic mass is 10.1. The molecule has 0 atom stereocenters. The average Bonchev–Trinajstić information content (AvgIpc) is 2.66. The number of unbranched alkanes of at least 4 members (excludes halogenated alkanes) is 6. The normalized spacial score (nSPS) is 10.3. The van der Waals surface area contributed by atoms with E-state index < -0.39 is 5.97 Å². The highest BCUT2D eigenvalue weighted by Crippen LogP contribution is 2.08. The molecule has 0 heterocycles. The third kappa shape index (κ3) is 12.3. The molecular formula is C21H32O5. The molecule has 0 N–H and O–H groups in total. The van der Waals surface area contributed by atoms with Crippen molar-refractivity contribution in [3.05, 3.63) is 30.3 Å². The van der Waals surface area contributed by atoms with Crippen molar-refractivity contribution in [1.29, 1.82) is 0 Å². The minimum Gasteiger partial charge on any atom is -0.490 e. The van der Waals surface area contributed by atoms with Crippen molar-refractivity contribution < 1.29 is 23.8 Å². The molecule has 1 rings (SSSR count). The van der Waals surface area contributed by atoms with Crippen LogP contribution in [-0.4, -0.2) is 31.8 Å². The van der Waals surface area contributed by atoms with Gasteiger partial charge in [0.1, 0.15) is 19.0 Å². The number of carbonyl (C=O) groups excluding carboxylic acids is 2. The molecule has 5 nitrogen and oxygen atoms in total. The summed E-state index contributed by atoms with van der Waals surface area (Å²) in [6.45, 7) is 3.10. The van der Waals surface area contributed by atoms with Gasteiger partial charge < -0.3 is 14.2 Å². The summed E-state index contributed by atoms with van der Waals surface area (Å²) in [6, 6.07) is 9.32. The van der Waals surface area contributed by atoms with Crippen LogP contribution in [0.3, 0.4) is 0 Å². The zero-order valence-corrected chi connectivity index (χ0v) is 15.9. The number of carbonyl (C=O) groups is 2. The number of benzene rings is 1. The Morgan fingerprint density at radius 3 is 1.96 bits per heavy atom. The first-order valence-corrected chi connectivity index (χ1v) is 9.71. The Balaban J connectivity index is 1.91. The standard InChI is InChI=1S/C21H32O5/c1-2-3-4-5-6-7-11-16-25-20(22)14-15-21(23)26-18-17-24-19-12-9-8-10-13-19/h8-10,12-13H,2-7,11,14-18H2,1H3. The quantitative estimate of drug-likeness (QED) is 0.334. The van der Waals surface area contributed by atoms with Gasteiger partial charge in [0.2, 0.25) is 0 Å². The molecule has 0 aliphatic carbocycles. The first-order chi connectivity index (χ1) is 12.7. The molecule has 1 aromatic carbocycles. The highest BCUT2D eigenvalue weighted by Gasteiger charge is 2.09. The van der Waals surface area contributed by atoms with Gasteiger partial charge in [-0.15, -0.1) is 0 Å². The van der Waals surface area contributed by atoms with Gasteiger partial charge in [0.15, 0.2) is 0 Å². The largest absolute Gasteiger partial charge is 0.490 e. The Morgan fingerprint density at radius 2 is 1.31 bits per heavy atom. The lowest BCUT2D eigenvalue weighted by Gasteiger charge is -2.07. The molecule has 0 aliphatic heterocycles. The second-order valence-corrected chi connectivity index (χ2v) is 6.22. The van der Waals surface area contributed by atoms with Crippen LogP contribution in [0.15, 0.2) is 30.3 Å². The zero-order valence-electron chi connectivity index (χ0n) is 15.9. The van der Waals surface area contributed by atoms with Gasteiger partial charge in [0.25, 0.3) is 0 Å². The summed E-state index contributed by atoms with van der Waals surface area (Å²) in [5.41, 5.74) is 0. The second-order valence-electron chi connectivity index (χ2n) is 6.22. The summed E-state index contributed by atoms with van der Waals surface area (Å²) >= 11 is 0. The van der Waals surface area contributed by atoms with Crippen LogP contribution in [0.1, 0.15) is 64.7 Å². The number of para-hydroxylation sites is 1. The van der Waals surface area contributed by atoms with E-state index in [1.165, 1.54) is 32.1 Å². The van der Waals surface area contributed by atoms with E-state index in [0.717, 1.165) is 18.6 Å². The molecule has 0 saturated heterocycles. The van der Waals surface area contributed by atoms with Gasteiger partial charge in [-0.2, -0.15) is 0 Å². The van der Waals surface area contributed by atoms with Crippen LogP contribution in [0, 0.1) is 0 Å². The minimum absolute atomic E-state index is 0.0428. The predicted octanol–water partition coefficient (Wildman–Crippen LogP) is 4.68. The Morgan fingerprint density at radius 1 is 0.731 bits per heavy atom. The molecule has 0 fully saturated rings. The molecule has 146 valence electrons. The van der Waals surface area contributed by atoms with Gasteiger partial charge in [-0.25, -0.2) is 0 Å². The van der Waals surface area contributed by atoms with Gasteiger partial charge in [0, 0.05) is 0 Å². The Kier molecular flexibility index (Phi) is 12.9. The molecule has 0 unspecified atom stereocenters. The Bertz CT molecular complexity index is 486. The number of esters is 2. The molecule has 0 aromatic heterocycles. The van der Waals surface area contributed by atoms with Gasteiger partial charge >= 0.3 is 11.9 Å². The fourth-order valence-corrected chi connectivity index (χ4v) is 2.43. The van der Waals surface area contributed by atoms with Crippen LogP contribution < -0.4 is 4.74 Å². The van der Waals surface area contributed by atoms with Crippen molar-refractivity contribution in [2.24, 2.45) is 0 Å². The maximum Gasteiger partial charge on any atom is 0.306 e. The van der Waals surface area contributed by atoms with Crippen molar-refractivity contribution in [2.45, 2.75) is 64.7 Å². The SMILES string of the molecule is CCCCCCCCCOC(=O)CCC(=O)OCCOc1ccccc1. The van der Waals surface area contributed by atoms with E-state index in [-0.39, 0.29) is 25.4 Å². The van der Waals surface area contributed by atoms with Crippen LogP contribution in [0.25, 0.3) is 0 Å². The van der Waals surface area contributed by atoms with Crippen molar-refractivity contribution in [1.82, 2.24) is 0 Å². The topological polar surface area (TPSA) is 61.8 Å². The summed E-state index contributed by atoms with van der Waals surface area (Å²) in [7, 11) is 0. The van der Waals surface area contributed by atoms with E-state index in [9.17, 15) is 9.59 Å². The first kappa shape index (κ1) is 22.0. The maximum atomic E-state index is 11.6. The number of ether oxygens (including phenoxy) is 3. The lowest BCUT2D eigenvalue weighted by molar-refractivity contribution is -0.150. The minimum atomic E-state index is -0.408. The smallest absolute Gasteiger partial charge is 0.306 e. The first-order valence-electron chi connectivity index (χ1n) is 9.71. The zero-order chi connectivity index (χ0) is 18.9. The molecule has 0 bridgehead atoms. The molecule has 26 heavy (non-hydrogen) atoms. The molecule has 0 aliphatic rings. The summed E-state index contributed by atoms with van der Waals surface area (Å²) in [4.78, 5) is 23.2. The van der Waals surface area contributed by atoms with Crippen molar-refractivity contribution in [3.63, 3.8) is 0 Å². The predicted molar refractivity (Wildman–Crippen MR) is 101 cm³/mol. The summed E-state index contributed by atoms with van der Waals surface area (Å²) in [6.07, 6.45) is 8.35. The van der Waals surface area contributed by atoms with Crippen LogP contribution in [0.4, 0.5) is 0 Å². The molecule has 0 radical (unpaired) electrons. The van der Waals surface area contributed by atoms with E-state index in [2.05, 4.69) is 6.92 Å². The van der Waals surface area contributed by atoms with Crippen LogP contribution in [0.2, 0.25) is 0 Å². The fourth-order valence-electron chi connectivity index (χ4n) is 2.43. The summed E-state index contributed by atoms with van der Waals surface area (Å²) in [5, 5.41) is 0. The van der Waals surface area contributed by atoms with Crippen molar-refractivity contribution >= 4 is 11.9 Å². The van der Waals surface area contributed by atoms with Crippen LogP contribution in [-0.2, 0) is 19.1 Å². The molecule has 0 amide bonds. The molecule has 1 aromatic rings. The second kappa shape index (κ2) is 15.2. The summed E-state index contributed by atoms with van der Waals surface area (Å²) in [5.74, 6) is -0.0134. The Hall–Kier alpha value is -2.04. The van der Waals surface area contributed by atoms with E-state index in [4.69, 9.17) is 14.2 Å².